The Kier molecular flexibility index (Phi) is 4.05. The number of rotatable bonds is 4. The van der Waals surface area contributed by atoms with Crippen molar-refractivity contribution in [2.24, 2.45) is 11.7 Å². The van der Waals surface area contributed by atoms with Crippen molar-refractivity contribution in [3.63, 3.8) is 0 Å². The molecule has 1 heterocycles. The molecule has 3 N–H and O–H groups in total. The molecule has 2 fully saturated rings. The summed E-state index contributed by atoms with van der Waals surface area (Å²) < 4.78 is 0. The number of nitrogens with one attached hydrogen (secondary N) is 1. The molecule has 0 radical (unpaired) electrons. The minimum absolute atomic E-state index is 0.0184. The molecule has 0 aromatic rings. The molecule has 0 aromatic carbocycles. The second kappa shape index (κ2) is 5.36. The van der Waals surface area contributed by atoms with Crippen LogP contribution in [0.3, 0.4) is 0 Å². The second-order valence-corrected chi connectivity index (χ2v) is 5.82. The van der Waals surface area contributed by atoms with Crippen molar-refractivity contribution in [1.82, 2.24) is 10.2 Å². The SMILES string of the molecule is CC(C)C(N)C(=O)NC1CCN(C2CC2)CC1. The molecule has 2 rings (SSSR count). The summed E-state index contributed by atoms with van der Waals surface area (Å²) in [6.45, 7) is 6.24. The standard InChI is InChI=1S/C13H25N3O/c1-9(2)12(14)13(17)15-10-5-7-16(8-6-10)11-3-4-11/h9-12H,3-8,14H2,1-2H3,(H,15,17). The first-order valence-electron chi connectivity index (χ1n) is 6.88. The molecule has 17 heavy (non-hydrogen) atoms. The monoisotopic (exact) mass is 239 g/mol. The molecule has 1 atom stereocenters. The van der Waals surface area contributed by atoms with Crippen molar-refractivity contribution >= 4 is 5.91 Å². The summed E-state index contributed by atoms with van der Waals surface area (Å²) in [4.78, 5) is 14.4. The number of nitrogens with two attached hydrogens (primary N) is 1. The van der Waals surface area contributed by atoms with Crippen molar-refractivity contribution in [2.75, 3.05) is 13.1 Å². The fourth-order valence-corrected chi connectivity index (χ4v) is 2.45. The third-order valence-corrected chi connectivity index (χ3v) is 3.96. The quantitative estimate of drug-likeness (QED) is 0.760. The lowest BCUT2D eigenvalue weighted by Gasteiger charge is -2.33. The van der Waals surface area contributed by atoms with Gasteiger partial charge in [0.2, 0.25) is 5.91 Å². The first-order valence-corrected chi connectivity index (χ1v) is 6.88. The first-order chi connectivity index (χ1) is 8.08. The number of carbonyl (C=O) groups is 1. The third-order valence-electron chi connectivity index (χ3n) is 3.96. The molecule has 2 aliphatic rings. The summed E-state index contributed by atoms with van der Waals surface area (Å²) in [7, 11) is 0. The lowest BCUT2D eigenvalue weighted by atomic mass is 10.0. The Balaban J connectivity index is 1.71. The molecule has 98 valence electrons. The van der Waals surface area contributed by atoms with Gasteiger partial charge in [-0.05, 0) is 31.6 Å². The maximum Gasteiger partial charge on any atom is 0.237 e. The maximum absolute atomic E-state index is 11.8. The van der Waals surface area contributed by atoms with Crippen molar-refractivity contribution in [1.29, 1.82) is 0 Å². The Bertz CT molecular complexity index is 268. The Labute approximate surface area is 104 Å². The number of likely N-dealkylation sites (tertiary alicyclic amines) is 1. The Morgan fingerprint density at radius 3 is 2.29 bits per heavy atom. The van der Waals surface area contributed by atoms with E-state index in [2.05, 4.69) is 10.2 Å². The Morgan fingerprint density at radius 2 is 1.82 bits per heavy atom. The minimum atomic E-state index is -0.364. The second-order valence-electron chi connectivity index (χ2n) is 5.82. The van der Waals surface area contributed by atoms with Crippen LogP contribution < -0.4 is 11.1 Å². The van der Waals surface area contributed by atoms with Crippen LogP contribution in [0.15, 0.2) is 0 Å². The van der Waals surface area contributed by atoms with Gasteiger partial charge in [-0.25, -0.2) is 0 Å². The van der Waals surface area contributed by atoms with Crippen LogP contribution in [0.4, 0.5) is 0 Å². The highest BCUT2D eigenvalue weighted by molar-refractivity contribution is 5.82. The van der Waals surface area contributed by atoms with Crippen LogP contribution in [-0.4, -0.2) is 42.0 Å². The predicted octanol–water partition coefficient (Wildman–Crippen LogP) is 0.713. The smallest absolute Gasteiger partial charge is 0.237 e. The number of amides is 1. The van der Waals surface area contributed by atoms with E-state index in [-0.39, 0.29) is 17.9 Å². The molecule has 0 aromatic heterocycles. The predicted molar refractivity (Wildman–Crippen MR) is 68.6 cm³/mol. The van der Waals surface area contributed by atoms with Crippen LogP contribution in [0.25, 0.3) is 0 Å². The van der Waals surface area contributed by atoms with E-state index in [9.17, 15) is 4.79 Å². The van der Waals surface area contributed by atoms with Gasteiger partial charge < -0.3 is 16.0 Å². The summed E-state index contributed by atoms with van der Waals surface area (Å²) in [5.74, 6) is 0.228. The molecule has 1 amide bonds. The lowest BCUT2D eigenvalue weighted by molar-refractivity contribution is -0.124. The van der Waals surface area contributed by atoms with E-state index in [1.165, 1.54) is 12.8 Å². The number of piperidine rings is 1. The van der Waals surface area contributed by atoms with Crippen LogP contribution in [0.1, 0.15) is 39.5 Å². The van der Waals surface area contributed by atoms with Crippen LogP contribution in [-0.2, 0) is 4.79 Å². The fourth-order valence-electron chi connectivity index (χ4n) is 2.45. The van der Waals surface area contributed by atoms with E-state index in [0.717, 1.165) is 32.0 Å². The number of hydrogen-bond acceptors (Lipinski definition) is 3. The van der Waals surface area contributed by atoms with Gasteiger partial charge in [0.05, 0.1) is 6.04 Å². The largest absolute Gasteiger partial charge is 0.352 e. The number of hydrogen-bond donors (Lipinski definition) is 2. The molecule has 0 bridgehead atoms. The van der Waals surface area contributed by atoms with Crippen LogP contribution in [0.5, 0.6) is 0 Å². The van der Waals surface area contributed by atoms with Gasteiger partial charge in [-0.1, -0.05) is 13.8 Å². The van der Waals surface area contributed by atoms with Crippen molar-refractivity contribution in [3.05, 3.63) is 0 Å². The summed E-state index contributed by atoms with van der Waals surface area (Å²) in [6, 6.07) is 0.823. The molecule has 1 aliphatic carbocycles. The van der Waals surface area contributed by atoms with E-state index < -0.39 is 0 Å². The van der Waals surface area contributed by atoms with E-state index in [1.54, 1.807) is 0 Å². The first kappa shape index (κ1) is 12.8. The molecular weight excluding hydrogens is 214 g/mol. The van der Waals surface area contributed by atoms with Crippen molar-refractivity contribution < 1.29 is 4.79 Å². The zero-order chi connectivity index (χ0) is 12.4. The van der Waals surface area contributed by atoms with Gasteiger partial charge in [-0.3, -0.25) is 4.79 Å². The molecular formula is C13H25N3O. The van der Waals surface area contributed by atoms with Gasteiger partial charge in [0.1, 0.15) is 0 Å². The van der Waals surface area contributed by atoms with E-state index in [4.69, 9.17) is 5.73 Å². The normalized spacial score (nSPS) is 24.9. The van der Waals surface area contributed by atoms with Crippen LogP contribution in [0.2, 0.25) is 0 Å². The summed E-state index contributed by atoms with van der Waals surface area (Å²) in [5, 5.41) is 3.09. The number of nitrogens with zero attached hydrogens (tertiary/aromatic N) is 1. The Morgan fingerprint density at radius 1 is 1.24 bits per heavy atom. The molecule has 1 aliphatic heterocycles. The minimum Gasteiger partial charge on any atom is -0.352 e. The average Bonchev–Trinajstić information content (AvgIpc) is 3.12. The van der Waals surface area contributed by atoms with Crippen LogP contribution >= 0.6 is 0 Å². The molecule has 0 spiro atoms. The average molecular weight is 239 g/mol. The van der Waals surface area contributed by atoms with Gasteiger partial charge in [-0.15, -0.1) is 0 Å². The molecule has 1 saturated carbocycles. The van der Waals surface area contributed by atoms with Gasteiger partial charge in [0.15, 0.2) is 0 Å². The van der Waals surface area contributed by atoms with Gasteiger partial charge in [0, 0.05) is 25.2 Å². The number of carbonyl (C=O) groups excluding carboxylic acids is 1. The summed E-state index contributed by atoms with van der Waals surface area (Å²) in [6.07, 6.45) is 4.89. The van der Waals surface area contributed by atoms with E-state index >= 15 is 0 Å². The summed E-state index contributed by atoms with van der Waals surface area (Å²) in [5.41, 5.74) is 5.84. The topological polar surface area (TPSA) is 58.4 Å². The van der Waals surface area contributed by atoms with E-state index in [0.29, 0.717) is 6.04 Å². The lowest BCUT2D eigenvalue weighted by Crippen LogP contribution is -2.51. The highest BCUT2D eigenvalue weighted by Gasteiger charge is 2.32. The third kappa shape index (κ3) is 3.42. The molecule has 1 unspecified atom stereocenters. The maximum atomic E-state index is 11.8. The molecule has 4 nitrogen and oxygen atoms in total. The van der Waals surface area contributed by atoms with Gasteiger partial charge >= 0.3 is 0 Å². The zero-order valence-corrected chi connectivity index (χ0v) is 11.0. The van der Waals surface area contributed by atoms with Crippen molar-refractivity contribution in [3.8, 4) is 0 Å². The molecule has 4 heteroatoms. The van der Waals surface area contributed by atoms with E-state index in [1.807, 2.05) is 13.8 Å². The molecule has 1 saturated heterocycles. The van der Waals surface area contributed by atoms with Gasteiger partial charge in [0.25, 0.3) is 0 Å². The summed E-state index contributed by atoms with van der Waals surface area (Å²) >= 11 is 0. The van der Waals surface area contributed by atoms with Crippen molar-refractivity contribution in [2.45, 2.75) is 57.7 Å². The zero-order valence-electron chi connectivity index (χ0n) is 11.0. The highest BCUT2D eigenvalue weighted by Crippen LogP contribution is 2.29. The van der Waals surface area contributed by atoms with Crippen LogP contribution in [0, 0.1) is 5.92 Å². The van der Waals surface area contributed by atoms with Gasteiger partial charge in [-0.2, -0.15) is 0 Å². The Hall–Kier alpha value is -0.610. The highest BCUT2D eigenvalue weighted by atomic mass is 16.2. The fraction of sp³-hybridized carbons (Fsp3) is 0.923.